The first-order chi connectivity index (χ1) is 8.77. The first kappa shape index (κ1) is 13.2. The first-order valence-corrected chi connectivity index (χ1v) is 7.37. The van der Waals surface area contributed by atoms with E-state index >= 15 is 0 Å². The van der Waals surface area contributed by atoms with E-state index in [1.807, 2.05) is 0 Å². The van der Waals surface area contributed by atoms with Crippen LogP contribution in [0.25, 0.3) is 23.4 Å². The molecule has 1 heterocycles. The Morgan fingerprint density at radius 2 is 1.89 bits per heavy atom. The van der Waals surface area contributed by atoms with Gasteiger partial charge >= 0.3 is 0 Å². The highest BCUT2D eigenvalue weighted by Crippen LogP contribution is 2.15. The van der Waals surface area contributed by atoms with E-state index in [-0.39, 0.29) is 0 Å². The first-order valence-electron chi connectivity index (χ1n) is 6.25. The monoisotopic (exact) mass is 303 g/mol. The summed E-state index contributed by atoms with van der Waals surface area (Å²) in [7, 11) is 2.13. The maximum atomic E-state index is 3.48. The van der Waals surface area contributed by atoms with Crippen molar-refractivity contribution >= 4 is 28.1 Å². The van der Waals surface area contributed by atoms with Crippen molar-refractivity contribution in [2.45, 2.75) is 13.3 Å². The summed E-state index contributed by atoms with van der Waals surface area (Å²) in [6, 6.07) is 12.8. The van der Waals surface area contributed by atoms with E-state index in [9.17, 15) is 0 Å². The molecule has 0 saturated heterocycles. The van der Waals surface area contributed by atoms with Crippen molar-refractivity contribution in [1.82, 2.24) is 4.57 Å². The summed E-state index contributed by atoms with van der Waals surface area (Å²) in [5.41, 5.74) is 2.53. The molecule has 0 saturated carbocycles. The van der Waals surface area contributed by atoms with Gasteiger partial charge in [0.2, 0.25) is 0 Å². The average Bonchev–Trinajstić information content (AvgIpc) is 2.70. The maximum Gasteiger partial charge on any atom is 0.0488 e. The van der Waals surface area contributed by atoms with E-state index in [0.29, 0.717) is 0 Å². The molecule has 2 rings (SSSR count). The highest BCUT2D eigenvalue weighted by Gasteiger charge is 2.03. The lowest BCUT2D eigenvalue weighted by atomic mass is 10.1. The lowest BCUT2D eigenvalue weighted by Crippen LogP contribution is -2.27. The summed E-state index contributed by atoms with van der Waals surface area (Å²) in [4.78, 5) is 0. The highest BCUT2D eigenvalue weighted by molar-refractivity contribution is 9.09. The van der Waals surface area contributed by atoms with Gasteiger partial charge < -0.3 is 4.57 Å². The Kier molecular flexibility index (Phi) is 4.43. The summed E-state index contributed by atoms with van der Waals surface area (Å²) in [6.07, 6.45) is 5.55. The Labute approximate surface area is 117 Å². The maximum absolute atomic E-state index is 3.48. The lowest BCUT2D eigenvalue weighted by molar-refractivity contribution is 0.893. The molecule has 18 heavy (non-hydrogen) atoms. The van der Waals surface area contributed by atoms with E-state index in [2.05, 4.69) is 83.0 Å². The molecule has 0 aliphatic carbocycles. The minimum Gasteiger partial charge on any atom is -0.344 e. The SMILES string of the molecule is CC/C=c1\c(=C/CBr)cc(-c2ccccc2)n1C. The molecule has 2 aromatic rings. The zero-order valence-corrected chi connectivity index (χ0v) is 12.4. The Morgan fingerprint density at radius 1 is 1.17 bits per heavy atom. The van der Waals surface area contributed by atoms with Crippen molar-refractivity contribution in [1.29, 1.82) is 0 Å². The van der Waals surface area contributed by atoms with Crippen LogP contribution in [0.1, 0.15) is 13.3 Å². The minimum atomic E-state index is 0.885. The van der Waals surface area contributed by atoms with Crippen LogP contribution in [0.2, 0.25) is 0 Å². The fraction of sp³-hybridized carbons (Fsp3) is 0.250. The van der Waals surface area contributed by atoms with Crippen LogP contribution in [0.5, 0.6) is 0 Å². The van der Waals surface area contributed by atoms with Gasteiger partial charge in [0.15, 0.2) is 0 Å². The summed E-state index contributed by atoms with van der Waals surface area (Å²) >= 11 is 3.48. The van der Waals surface area contributed by atoms with E-state index in [1.165, 1.54) is 21.8 Å². The molecular formula is C16H18BrN. The van der Waals surface area contributed by atoms with Crippen molar-refractivity contribution in [3.8, 4) is 11.3 Å². The van der Waals surface area contributed by atoms with Crippen LogP contribution in [0.15, 0.2) is 36.4 Å². The molecule has 2 heteroatoms. The number of halogens is 1. The predicted octanol–water partition coefficient (Wildman–Crippen LogP) is 3.06. The molecule has 0 bridgehead atoms. The molecule has 1 aromatic carbocycles. The average molecular weight is 304 g/mol. The van der Waals surface area contributed by atoms with Gasteiger partial charge in [0.1, 0.15) is 0 Å². The van der Waals surface area contributed by atoms with E-state index < -0.39 is 0 Å². The molecule has 1 aromatic heterocycles. The highest BCUT2D eigenvalue weighted by atomic mass is 79.9. The number of benzene rings is 1. The molecular weight excluding hydrogens is 286 g/mol. The molecule has 94 valence electrons. The van der Waals surface area contributed by atoms with Gasteiger partial charge in [-0.25, -0.2) is 0 Å². The van der Waals surface area contributed by atoms with E-state index in [1.54, 1.807) is 0 Å². The van der Waals surface area contributed by atoms with Gasteiger partial charge in [-0.05, 0) is 23.3 Å². The number of hydrogen-bond acceptors (Lipinski definition) is 0. The molecule has 0 spiro atoms. The second-order valence-electron chi connectivity index (χ2n) is 4.27. The van der Waals surface area contributed by atoms with Crippen LogP contribution < -0.4 is 10.6 Å². The van der Waals surface area contributed by atoms with Crippen molar-refractivity contribution in [2.75, 3.05) is 5.33 Å². The van der Waals surface area contributed by atoms with Gasteiger partial charge in [-0.15, -0.1) is 0 Å². The third-order valence-corrected chi connectivity index (χ3v) is 3.40. The van der Waals surface area contributed by atoms with Crippen LogP contribution in [-0.4, -0.2) is 9.90 Å². The van der Waals surface area contributed by atoms with Gasteiger partial charge in [-0.1, -0.05) is 65.3 Å². The molecule has 0 atom stereocenters. The van der Waals surface area contributed by atoms with Crippen molar-refractivity contribution < 1.29 is 0 Å². The van der Waals surface area contributed by atoms with Crippen LogP contribution >= 0.6 is 15.9 Å². The Balaban J connectivity index is 2.69. The topological polar surface area (TPSA) is 4.93 Å². The standard InChI is InChI=1S/C16H18BrN/c1-3-7-15-14(10-11-17)12-16(18(15)2)13-8-5-4-6-9-13/h4-10,12H,3,11H2,1-2H3/b14-10-,15-7+. The number of rotatable bonds is 3. The molecule has 0 N–H and O–H groups in total. The van der Waals surface area contributed by atoms with Gasteiger partial charge in [-0.2, -0.15) is 0 Å². The largest absolute Gasteiger partial charge is 0.344 e. The Hall–Kier alpha value is -1.28. The summed E-state index contributed by atoms with van der Waals surface area (Å²) < 4.78 is 2.27. The van der Waals surface area contributed by atoms with Gasteiger partial charge in [0.25, 0.3) is 0 Å². The van der Waals surface area contributed by atoms with Gasteiger partial charge in [0.05, 0.1) is 0 Å². The normalized spacial score (nSPS) is 13.3. The van der Waals surface area contributed by atoms with Crippen molar-refractivity contribution in [2.24, 2.45) is 7.05 Å². The van der Waals surface area contributed by atoms with E-state index in [0.717, 1.165) is 11.8 Å². The molecule has 0 aliphatic heterocycles. The smallest absolute Gasteiger partial charge is 0.0488 e. The van der Waals surface area contributed by atoms with Crippen LogP contribution in [0.3, 0.4) is 0 Å². The molecule has 0 unspecified atom stereocenters. The summed E-state index contributed by atoms with van der Waals surface area (Å²) in [5, 5.41) is 3.49. The fourth-order valence-electron chi connectivity index (χ4n) is 2.22. The van der Waals surface area contributed by atoms with Crippen LogP contribution in [-0.2, 0) is 7.05 Å². The van der Waals surface area contributed by atoms with Gasteiger partial charge in [-0.3, -0.25) is 0 Å². The Bertz CT molecular complexity index is 623. The van der Waals surface area contributed by atoms with Crippen LogP contribution in [0.4, 0.5) is 0 Å². The number of nitrogens with zero attached hydrogens (tertiary/aromatic N) is 1. The molecule has 0 fully saturated rings. The molecule has 1 nitrogen and oxygen atoms in total. The molecule has 0 amide bonds. The molecule has 0 radical (unpaired) electrons. The second kappa shape index (κ2) is 6.05. The zero-order valence-electron chi connectivity index (χ0n) is 10.9. The quantitative estimate of drug-likeness (QED) is 0.768. The number of hydrogen-bond donors (Lipinski definition) is 0. The zero-order chi connectivity index (χ0) is 13.0. The minimum absolute atomic E-state index is 0.885. The number of aromatic nitrogens is 1. The second-order valence-corrected chi connectivity index (χ2v) is 4.91. The van der Waals surface area contributed by atoms with Gasteiger partial charge in [0, 0.05) is 23.4 Å². The van der Waals surface area contributed by atoms with Crippen molar-refractivity contribution in [3.63, 3.8) is 0 Å². The number of alkyl halides is 1. The predicted molar refractivity (Wildman–Crippen MR) is 83.1 cm³/mol. The van der Waals surface area contributed by atoms with Crippen molar-refractivity contribution in [3.05, 3.63) is 47.0 Å². The summed E-state index contributed by atoms with van der Waals surface area (Å²) in [6.45, 7) is 2.17. The Morgan fingerprint density at radius 3 is 2.50 bits per heavy atom. The van der Waals surface area contributed by atoms with Crippen LogP contribution in [0, 0.1) is 0 Å². The molecule has 0 aliphatic rings. The van der Waals surface area contributed by atoms with E-state index in [4.69, 9.17) is 0 Å². The third kappa shape index (κ3) is 2.59. The fourth-order valence-corrected chi connectivity index (χ4v) is 2.57. The third-order valence-electron chi connectivity index (χ3n) is 3.07. The summed E-state index contributed by atoms with van der Waals surface area (Å²) in [5.74, 6) is 0. The lowest BCUT2D eigenvalue weighted by Gasteiger charge is -2.03.